The van der Waals surface area contributed by atoms with Crippen LogP contribution in [0.25, 0.3) is 0 Å². The lowest BCUT2D eigenvalue weighted by Crippen LogP contribution is -2.45. The molecule has 2 fully saturated rings. The predicted octanol–water partition coefficient (Wildman–Crippen LogP) is 2.78. The van der Waals surface area contributed by atoms with Gasteiger partial charge in [0.2, 0.25) is 0 Å². The van der Waals surface area contributed by atoms with Gasteiger partial charge >= 0.3 is 0 Å². The molecule has 0 aromatic carbocycles. The van der Waals surface area contributed by atoms with Gasteiger partial charge in [-0.25, -0.2) is 4.39 Å². The SMILES string of the molecule is C=C1CN2CC[C@@H](F)[C@@]2(CC(C)C)C1. The summed E-state index contributed by atoms with van der Waals surface area (Å²) in [4.78, 5) is 2.32. The molecule has 0 spiro atoms. The Morgan fingerprint density at radius 1 is 1.64 bits per heavy atom. The van der Waals surface area contributed by atoms with Crippen LogP contribution >= 0.6 is 0 Å². The second-order valence-electron chi connectivity index (χ2n) is 5.31. The summed E-state index contributed by atoms with van der Waals surface area (Å²) in [5.74, 6) is 0.569. The van der Waals surface area contributed by atoms with Crippen molar-refractivity contribution in [2.45, 2.75) is 44.8 Å². The summed E-state index contributed by atoms with van der Waals surface area (Å²) in [5, 5.41) is 0. The van der Waals surface area contributed by atoms with Crippen LogP contribution in [-0.4, -0.2) is 29.7 Å². The molecule has 80 valence electrons. The van der Waals surface area contributed by atoms with E-state index < -0.39 is 6.17 Å². The molecule has 0 aliphatic carbocycles. The fourth-order valence-electron chi connectivity index (χ4n) is 3.21. The Bertz CT molecular complexity index is 249. The standard InChI is InChI=1S/C12H20FN/c1-9(2)6-12-7-10(3)8-14(12)5-4-11(12)13/h9,11H,3-8H2,1-2H3/t11-,12-/m1/s1. The van der Waals surface area contributed by atoms with Crippen LogP contribution in [0, 0.1) is 5.92 Å². The van der Waals surface area contributed by atoms with Crippen molar-refractivity contribution in [1.82, 2.24) is 4.90 Å². The lowest BCUT2D eigenvalue weighted by molar-refractivity contribution is 0.0937. The quantitative estimate of drug-likeness (QED) is 0.615. The Morgan fingerprint density at radius 2 is 2.36 bits per heavy atom. The molecule has 2 heteroatoms. The molecular weight excluding hydrogens is 177 g/mol. The van der Waals surface area contributed by atoms with Crippen LogP contribution in [-0.2, 0) is 0 Å². The molecule has 0 N–H and O–H groups in total. The largest absolute Gasteiger partial charge is 0.290 e. The summed E-state index contributed by atoms with van der Waals surface area (Å²) < 4.78 is 14.0. The molecule has 14 heavy (non-hydrogen) atoms. The van der Waals surface area contributed by atoms with E-state index in [0.29, 0.717) is 5.92 Å². The monoisotopic (exact) mass is 197 g/mol. The van der Waals surface area contributed by atoms with Gasteiger partial charge in [0.25, 0.3) is 0 Å². The van der Waals surface area contributed by atoms with Gasteiger partial charge in [-0.2, -0.15) is 0 Å². The van der Waals surface area contributed by atoms with Crippen LogP contribution in [0.1, 0.15) is 33.1 Å². The van der Waals surface area contributed by atoms with Crippen LogP contribution in [0.4, 0.5) is 4.39 Å². The van der Waals surface area contributed by atoms with E-state index in [2.05, 4.69) is 25.3 Å². The third kappa shape index (κ3) is 1.40. The van der Waals surface area contributed by atoms with Gasteiger partial charge in [-0.15, -0.1) is 0 Å². The first kappa shape index (κ1) is 10.2. The number of nitrogens with zero attached hydrogens (tertiary/aromatic N) is 1. The van der Waals surface area contributed by atoms with Gasteiger partial charge < -0.3 is 0 Å². The van der Waals surface area contributed by atoms with Gasteiger partial charge in [-0.3, -0.25) is 4.90 Å². The smallest absolute Gasteiger partial charge is 0.120 e. The van der Waals surface area contributed by atoms with Crippen molar-refractivity contribution in [3.8, 4) is 0 Å². The Hall–Kier alpha value is -0.370. The van der Waals surface area contributed by atoms with E-state index in [-0.39, 0.29) is 5.54 Å². The molecule has 0 aromatic rings. The van der Waals surface area contributed by atoms with Crippen molar-refractivity contribution >= 4 is 0 Å². The van der Waals surface area contributed by atoms with Crippen molar-refractivity contribution in [2.75, 3.05) is 13.1 Å². The molecule has 2 saturated heterocycles. The van der Waals surface area contributed by atoms with E-state index in [1.807, 2.05) is 0 Å². The summed E-state index contributed by atoms with van der Waals surface area (Å²) >= 11 is 0. The van der Waals surface area contributed by atoms with E-state index in [4.69, 9.17) is 0 Å². The van der Waals surface area contributed by atoms with Gasteiger partial charge in [0.1, 0.15) is 6.17 Å². The molecule has 2 aliphatic heterocycles. The fourth-order valence-corrected chi connectivity index (χ4v) is 3.21. The van der Waals surface area contributed by atoms with Crippen LogP contribution in [0.5, 0.6) is 0 Å². The summed E-state index contributed by atoms with van der Waals surface area (Å²) in [7, 11) is 0. The third-order valence-electron chi connectivity index (χ3n) is 3.60. The highest BCUT2D eigenvalue weighted by Crippen LogP contribution is 2.46. The Kier molecular flexibility index (Phi) is 2.42. The van der Waals surface area contributed by atoms with Crippen molar-refractivity contribution in [3.63, 3.8) is 0 Å². The topological polar surface area (TPSA) is 3.24 Å². The van der Waals surface area contributed by atoms with E-state index in [9.17, 15) is 4.39 Å². The minimum absolute atomic E-state index is 0.175. The first-order valence-corrected chi connectivity index (χ1v) is 5.60. The normalized spacial score (nSPS) is 38.3. The highest BCUT2D eigenvalue weighted by atomic mass is 19.1. The minimum Gasteiger partial charge on any atom is -0.290 e. The van der Waals surface area contributed by atoms with Crippen molar-refractivity contribution < 1.29 is 4.39 Å². The first-order chi connectivity index (χ1) is 6.54. The van der Waals surface area contributed by atoms with Gasteiger partial charge in [0.15, 0.2) is 0 Å². The number of hydrogen-bond acceptors (Lipinski definition) is 1. The van der Waals surface area contributed by atoms with Gasteiger partial charge in [0, 0.05) is 13.1 Å². The highest BCUT2D eigenvalue weighted by Gasteiger charge is 2.52. The van der Waals surface area contributed by atoms with Gasteiger partial charge in [-0.1, -0.05) is 26.0 Å². The molecule has 0 saturated carbocycles. The molecule has 2 rings (SSSR count). The Morgan fingerprint density at radius 3 is 3.00 bits per heavy atom. The van der Waals surface area contributed by atoms with Crippen LogP contribution in [0.2, 0.25) is 0 Å². The van der Waals surface area contributed by atoms with Crippen molar-refractivity contribution in [3.05, 3.63) is 12.2 Å². The number of fused-ring (bicyclic) bond motifs is 1. The average molecular weight is 197 g/mol. The van der Waals surface area contributed by atoms with Crippen LogP contribution < -0.4 is 0 Å². The lowest BCUT2D eigenvalue weighted by Gasteiger charge is -2.35. The summed E-state index contributed by atoms with van der Waals surface area (Å²) in [6.07, 6.45) is 1.95. The maximum Gasteiger partial charge on any atom is 0.120 e. The maximum atomic E-state index is 14.0. The summed E-state index contributed by atoms with van der Waals surface area (Å²) in [6.45, 7) is 10.2. The Labute approximate surface area is 86.0 Å². The lowest BCUT2D eigenvalue weighted by atomic mass is 9.83. The maximum absolute atomic E-state index is 14.0. The second-order valence-corrected chi connectivity index (χ2v) is 5.31. The van der Waals surface area contributed by atoms with Gasteiger partial charge in [-0.05, 0) is 25.2 Å². The zero-order chi connectivity index (χ0) is 10.3. The molecule has 0 amide bonds. The first-order valence-electron chi connectivity index (χ1n) is 5.60. The van der Waals surface area contributed by atoms with Gasteiger partial charge in [0.05, 0.1) is 5.54 Å². The molecule has 1 nitrogen and oxygen atoms in total. The van der Waals surface area contributed by atoms with Crippen molar-refractivity contribution in [1.29, 1.82) is 0 Å². The zero-order valence-corrected chi connectivity index (χ0v) is 9.22. The third-order valence-corrected chi connectivity index (χ3v) is 3.60. The number of halogens is 1. The van der Waals surface area contributed by atoms with E-state index in [1.54, 1.807) is 0 Å². The Balaban J connectivity index is 2.22. The molecular formula is C12H20FN. The fraction of sp³-hybridized carbons (Fsp3) is 0.833. The molecule has 2 aliphatic rings. The van der Waals surface area contributed by atoms with E-state index in [1.165, 1.54) is 5.57 Å². The number of rotatable bonds is 2. The molecule has 0 aromatic heterocycles. The number of hydrogen-bond donors (Lipinski definition) is 0. The summed E-state index contributed by atoms with van der Waals surface area (Å²) in [5.41, 5.74) is 1.04. The molecule has 2 atom stereocenters. The van der Waals surface area contributed by atoms with E-state index in [0.717, 1.165) is 32.4 Å². The van der Waals surface area contributed by atoms with E-state index >= 15 is 0 Å². The predicted molar refractivity (Wildman–Crippen MR) is 57.0 cm³/mol. The van der Waals surface area contributed by atoms with Crippen molar-refractivity contribution in [2.24, 2.45) is 5.92 Å². The number of alkyl halides is 1. The average Bonchev–Trinajstić information content (AvgIpc) is 2.49. The van der Waals surface area contributed by atoms with Crippen LogP contribution in [0.3, 0.4) is 0 Å². The van der Waals surface area contributed by atoms with Crippen LogP contribution in [0.15, 0.2) is 12.2 Å². The zero-order valence-electron chi connectivity index (χ0n) is 9.22. The second kappa shape index (κ2) is 3.34. The molecule has 0 unspecified atom stereocenters. The highest BCUT2D eigenvalue weighted by molar-refractivity contribution is 5.20. The minimum atomic E-state index is -0.635. The molecule has 0 radical (unpaired) electrons. The summed E-state index contributed by atoms with van der Waals surface area (Å²) in [6, 6.07) is 0. The molecule has 0 bridgehead atoms. The molecule has 2 heterocycles.